The number of nitrogens with one attached hydrogen (secondary N) is 1. The smallest absolute Gasteiger partial charge is 0.193 e. The molecule has 0 spiro atoms. The number of fused-ring (bicyclic) bond motifs is 1. The standard InChI is InChI=1S/C21H27N5O.HI/c1-4-22-21(25(2)15-17-8-10-19(27-3)11-9-17)23-13-12-18-16-26-14-6-5-7-20(26)24-18;/h5-11,14,16H,4,12-13,15H2,1-3H3,(H,22,23);1H. The third-order valence-corrected chi connectivity index (χ3v) is 4.32. The maximum atomic E-state index is 5.22. The zero-order valence-electron chi connectivity index (χ0n) is 16.6. The van der Waals surface area contributed by atoms with E-state index in [9.17, 15) is 0 Å². The molecule has 3 aromatic rings. The van der Waals surface area contributed by atoms with Crippen LogP contribution in [0.3, 0.4) is 0 Å². The average Bonchev–Trinajstić information content (AvgIpc) is 3.10. The van der Waals surface area contributed by atoms with Crippen molar-refractivity contribution in [1.82, 2.24) is 19.6 Å². The summed E-state index contributed by atoms with van der Waals surface area (Å²) in [5, 5.41) is 3.36. The van der Waals surface area contributed by atoms with Crippen molar-refractivity contribution in [2.45, 2.75) is 19.9 Å². The number of halogens is 1. The number of aliphatic imine (C=N–C) groups is 1. The van der Waals surface area contributed by atoms with Crippen molar-refractivity contribution in [3.63, 3.8) is 0 Å². The monoisotopic (exact) mass is 493 g/mol. The molecule has 0 atom stereocenters. The Morgan fingerprint density at radius 2 is 2.00 bits per heavy atom. The van der Waals surface area contributed by atoms with Crippen molar-refractivity contribution < 1.29 is 4.74 Å². The minimum absolute atomic E-state index is 0. The lowest BCUT2D eigenvalue weighted by molar-refractivity contribution is 0.414. The van der Waals surface area contributed by atoms with Crippen molar-refractivity contribution >= 4 is 35.6 Å². The molecule has 0 saturated carbocycles. The maximum absolute atomic E-state index is 5.22. The Hall–Kier alpha value is -2.29. The summed E-state index contributed by atoms with van der Waals surface area (Å²) in [6.45, 7) is 4.39. The van der Waals surface area contributed by atoms with Crippen LogP contribution in [0.4, 0.5) is 0 Å². The van der Waals surface area contributed by atoms with E-state index in [0.29, 0.717) is 6.54 Å². The molecule has 0 unspecified atom stereocenters. The van der Waals surface area contributed by atoms with Gasteiger partial charge < -0.3 is 19.4 Å². The van der Waals surface area contributed by atoms with Gasteiger partial charge >= 0.3 is 0 Å². The third-order valence-electron chi connectivity index (χ3n) is 4.32. The SMILES string of the molecule is CCNC(=NCCc1cn2ccccc2n1)N(C)Cc1ccc(OC)cc1.I. The summed E-state index contributed by atoms with van der Waals surface area (Å²) in [5.74, 6) is 1.77. The largest absolute Gasteiger partial charge is 0.497 e. The Kier molecular flexibility index (Phi) is 8.56. The summed E-state index contributed by atoms with van der Waals surface area (Å²) in [6, 6.07) is 14.1. The highest BCUT2D eigenvalue weighted by atomic mass is 127. The second-order valence-electron chi connectivity index (χ2n) is 6.39. The van der Waals surface area contributed by atoms with E-state index < -0.39 is 0 Å². The molecular formula is C21H28IN5O. The molecule has 3 rings (SSSR count). The fourth-order valence-electron chi connectivity index (χ4n) is 2.93. The predicted molar refractivity (Wildman–Crippen MR) is 125 cm³/mol. The Morgan fingerprint density at radius 3 is 2.68 bits per heavy atom. The topological polar surface area (TPSA) is 54.2 Å². The molecule has 0 amide bonds. The first-order valence-electron chi connectivity index (χ1n) is 9.24. The number of hydrogen-bond donors (Lipinski definition) is 1. The quantitative estimate of drug-likeness (QED) is 0.311. The molecule has 2 aromatic heterocycles. The van der Waals surface area contributed by atoms with E-state index in [4.69, 9.17) is 9.73 Å². The van der Waals surface area contributed by atoms with Gasteiger partial charge in [-0.25, -0.2) is 4.98 Å². The van der Waals surface area contributed by atoms with E-state index in [1.807, 2.05) is 40.9 Å². The number of pyridine rings is 1. The molecule has 2 heterocycles. The molecule has 0 saturated heterocycles. The van der Waals surface area contributed by atoms with Gasteiger partial charge in [-0.15, -0.1) is 24.0 Å². The second-order valence-corrected chi connectivity index (χ2v) is 6.39. The lowest BCUT2D eigenvalue weighted by Crippen LogP contribution is -2.38. The molecule has 6 nitrogen and oxygen atoms in total. The van der Waals surface area contributed by atoms with Gasteiger partial charge in [0.15, 0.2) is 5.96 Å². The predicted octanol–water partition coefficient (Wildman–Crippen LogP) is 3.60. The van der Waals surface area contributed by atoms with Gasteiger partial charge in [0.1, 0.15) is 11.4 Å². The van der Waals surface area contributed by atoms with Crippen LogP contribution in [0.5, 0.6) is 5.75 Å². The minimum atomic E-state index is 0. The van der Waals surface area contributed by atoms with Crippen LogP contribution in [0.25, 0.3) is 5.65 Å². The lowest BCUT2D eigenvalue weighted by Gasteiger charge is -2.22. The highest BCUT2D eigenvalue weighted by Gasteiger charge is 2.07. The van der Waals surface area contributed by atoms with Crippen molar-refractivity contribution in [3.8, 4) is 5.75 Å². The molecule has 28 heavy (non-hydrogen) atoms. The molecule has 7 heteroatoms. The van der Waals surface area contributed by atoms with Gasteiger partial charge in [-0.2, -0.15) is 0 Å². The number of benzene rings is 1. The zero-order chi connectivity index (χ0) is 19.1. The third kappa shape index (κ3) is 5.85. The Balaban J connectivity index is 0.00000280. The Labute approximate surface area is 183 Å². The molecule has 0 aliphatic carbocycles. The molecule has 0 fully saturated rings. The number of methoxy groups -OCH3 is 1. The van der Waals surface area contributed by atoms with Crippen LogP contribution in [0.15, 0.2) is 59.9 Å². The first-order chi connectivity index (χ1) is 13.2. The van der Waals surface area contributed by atoms with Crippen LogP contribution in [-0.2, 0) is 13.0 Å². The van der Waals surface area contributed by atoms with E-state index in [1.165, 1.54) is 5.56 Å². The van der Waals surface area contributed by atoms with Gasteiger partial charge in [-0.3, -0.25) is 4.99 Å². The number of ether oxygens (including phenoxy) is 1. The Morgan fingerprint density at radius 1 is 1.21 bits per heavy atom. The normalized spacial score (nSPS) is 11.2. The van der Waals surface area contributed by atoms with Gasteiger partial charge in [0, 0.05) is 45.5 Å². The number of imidazole rings is 1. The zero-order valence-corrected chi connectivity index (χ0v) is 19.0. The van der Waals surface area contributed by atoms with Crippen LogP contribution in [-0.4, -0.2) is 47.5 Å². The summed E-state index contributed by atoms with van der Waals surface area (Å²) in [7, 11) is 3.73. The van der Waals surface area contributed by atoms with Crippen molar-refractivity contribution in [1.29, 1.82) is 0 Å². The van der Waals surface area contributed by atoms with Crippen LogP contribution in [0.1, 0.15) is 18.2 Å². The average molecular weight is 493 g/mol. The van der Waals surface area contributed by atoms with E-state index in [2.05, 4.69) is 47.5 Å². The van der Waals surface area contributed by atoms with Gasteiger partial charge in [-0.05, 0) is 36.8 Å². The molecule has 1 aromatic carbocycles. The molecule has 0 bridgehead atoms. The van der Waals surface area contributed by atoms with Crippen molar-refractivity contribution in [3.05, 3.63) is 66.1 Å². The first-order valence-corrected chi connectivity index (χ1v) is 9.24. The fraction of sp³-hybridized carbons (Fsp3) is 0.333. The summed E-state index contributed by atoms with van der Waals surface area (Å²) >= 11 is 0. The number of nitrogens with zero attached hydrogens (tertiary/aromatic N) is 4. The van der Waals surface area contributed by atoms with Gasteiger partial charge in [-0.1, -0.05) is 18.2 Å². The molecule has 150 valence electrons. The molecule has 1 N–H and O–H groups in total. The summed E-state index contributed by atoms with van der Waals surface area (Å²) in [5.41, 5.74) is 3.24. The second kappa shape index (κ2) is 10.9. The fourth-order valence-corrected chi connectivity index (χ4v) is 2.93. The maximum Gasteiger partial charge on any atom is 0.193 e. The van der Waals surface area contributed by atoms with E-state index in [0.717, 1.165) is 42.6 Å². The molecule has 0 aliphatic heterocycles. The summed E-state index contributed by atoms with van der Waals surface area (Å²) in [6.07, 6.45) is 4.90. The van der Waals surface area contributed by atoms with Gasteiger partial charge in [0.05, 0.1) is 12.8 Å². The number of guanidine groups is 1. The van der Waals surface area contributed by atoms with Crippen molar-refractivity contribution in [2.24, 2.45) is 4.99 Å². The highest BCUT2D eigenvalue weighted by Crippen LogP contribution is 2.12. The number of rotatable bonds is 7. The van der Waals surface area contributed by atoms with E-state index in [1.54, 1.807) is 7.11 Å². The number of hydrogen-bond acceptors (Lipinski definition) is 3. The molecule has 0 aliphatic rings. The highest BCUT2D eigenvalue weighted by molar-refractivity contribution is 14.0. The van der Waals surface area contributed by atoms with E-state index >= 15 is 0 Å². The molecular weight excluding hydrogens is 465 g/mol. The van der Waals surface area contributed by atoms with Crippen LogP contribution < -0.4 is 10.1 Å². The number of aromatic nitrogens is 2. The van der Waals surface area contributed by atoms with Crippen LogP contribution in [0.2, 0.25) is 0 Å². The summed E-state index contributed by atoms with van der Waals surface area (Å²) < 4.78 is 7.26. The van der Waals surface area contributed by atoms with Gasteiger partial charge in [0.25, 0.3) is 0 Å². The van der Waals surface area contributed by atoms with Gasteiger partial charge in [0.2, 0.25) is 0 Å². The lowest BCUT2D eigenvalue weighted by atomic mass is 10.2. The first kappa shape index (κ1) is 22.0. The van der Waals surface area contributed by atoms with Crippen LogP contribution in [0, 0.1) is 0 Å². The van der Waals surface area contributed by atoms with E-state index in [-0.39, 0.29) is 24.0 Å². The Bertz CT molecular complexity index is 858. The summed E-state index contributed by atoms with van der Waals surface area (Å²) in [4.78, 5) is 11.5. The molecule has 0 radical (unpaired) electrons. The van der Waals surface area contributed by atoms with Crippen LogP contribution >= 0.6 is 24.0 Å². The van der Waals surface area contributed by atoms with Crippen molar-refractivity contribution in [2.75, 3.05) is 27.2 Å². The minimum Gasteiger partial charge on any atom is -0.497 e.